The maximum absolute atomic E-state index is 11.6. The highest BCUT2D eigenvalue weighted by Gasteiger charge is 2.09. The molecule has 1 aromatic carbocycles. The Balaban J connectivity index is 2.41. The molecule has 0 aliphatic rings. The van der Waals surface area contributed by atoms with E-state index in [2.05, 4.69) is 5.32 Å². The van der Waals surface area contributed by atoms with Crippen LogP contribution in [0.15, 0.2) is 27.4 Å². The Bertz CT molecular complexity index is 657. The fourth-order valence-corrected chi connectivity index (χ4v) is 2.22. The van der Waals surface area contributed by atoms with Crippen LogP contribution in [0.4, 0.5) is 0 Å². The highest BCUT2D eigenvalue weighted by atomic mass is 16.4. The molecule has 2 rings (SSSR count). The molecule has 0 spiro atoms. The summed E-state index contributed by atoms with van der Waals surface area (Å²) >= 11 is 0. The molecule has 1 aromatic heterocycles. The normalized spacial score (nSPS) is 12.8. The summed E-state index contributed by atoms with van der Waals surface area (Å²) in [7, 11) is 0. The Hall–Kier alpha value is -1.65. The van der Waals surface area contributed by atoms with Gasteiger partial charge in [0.05, 0.1) is 6.61 Å². The Morgan fingerprint density at radius 3 is 2.60 bits per heavy atom. The molecule has 0 aliphatic carbocycles. The van der Waals surface area contributed by atoms with Crippen LogP contribution in [-0.4, -0.2) is 17.8 Å². The minimum absolute atomic E-state index is 0.0452. The zero-order valence-corrected chi connectivity index (χ0v) is 12.2. The van der Waals surface area contributed by atoms with E-state index in [0.717, 1.165) is 22.9 Å². The Morgan fingerprint density at radius 1 is 1.25 bits per heavy atom. The number of fused-ring (bicyclic) bond motifs is 1. The van der Waals surface area contributed by atoms with Crippen LogP contribution in [0, 0.1) is 13.8 Å². The molecule has 0 aliphatic heterocycles. The summed E-state index contributed by atoms with van der Waals surface area (Å²) in [5, 5.41) is 13.4. The first-order valence-electron chi connectivity index (χ1n) is 6.93. The van der Waals surface area contributed by atoms with E-state index in [9.17, 15) is 9.90 Å². The van der Waals surface area contributed by atoms with Crippen LogP contribution < -0.4 is 10.9 Å². The topological polar surface area (TPSA) is 62.5 Å². The third kappa shape index (κ3) is 3.08. The standard InChI is InChI=1S/C16H21NO3/c1-4-13(9-18)17-8-12-7-16(19)20-15-6-11(3)10(2)5-14(12)15/h5-7,13,17-18H,4,8-9H2,1-3H3/t13-/m1/s1. The monoisotopic (exact) mass is 275 g/mol. The van der Waals surface area contributed by atoms with Crippen LogP contribution in [-0.2, 0) is 6.54 Å². The second kappa shape index (κ2) is 6.20. The number of hydrogen-bond donors (Lipinski definition) is 2. The molecule has 108 valence electrons. The van der Waals surface area contributed by atoms with E-state index in [4.69, 9.17) is 4.42 Å². The van der Waals surface area contributed by atoms with Gasteiger partial charge in [0.1, 0.15) is 5.58 Å². The van der Waals surface area contributed by atoms with Crippen molar-refractivity contribution in [3.63, 3.8) is 0 Å². The molecule has 20 heavy (non-hydrogen) atoms. The minimum atomic E-state index is -0.338. The number of rotatable bonds is 5. The number of hydrogen-bond acceptors (Lipinski definition) is 4. The van der Waals surface area contributed by atoms with Crippen LogP contribution in [0.3, 0.4) is 0 Å². The number of aliphatic hydroxyl groups excluding tert-OH is 1. The van der Waals surface area contributed by atoms with E-state index >= 15 is 0 Å². The van der Waals surface area contributed by atoms with Crippen molar-refractivity contribution < 1.29 is 9.52 Å². The summed E-state index contributed by atoms with van der Waals surface area (Å²) in [6.45, 7) is 6.69. The molecule has 0 saturated heterocycles. The summed E-state index contributed by atoms with van der Waals surface area (Å²) in [5.74, 6) is 0. The molecule has 0 unspecified atom stereocenters. The lowest BCUT2D eigenvalue weighted by Crippen LogP contribution is -2.31. The fourth-order valence-electron chi connectivity index (χ4n) is 2.22. The van der Waals surface area contributed by atoms with Crippen molar-refractivity contribution >= 4 is 11.0 Å². The number of aliphatic hydroxyl groups is 1. The van der Waals surface area contributed by atoms with Crippen LogP contribution in [0.5, 0.6) is 0 Å². The molecule has 0 radical (unpaired) electrons. The van der Waals surface area contributed by atoms with Crippen molar-refractivity contribution in [2.45, 2.75) is 39.8 Å². The number of aryl methyl sites for hydroxylation is 2. The number of benzene rings is 1. The van der Waals surface area contributed by atoms with E-state index in [1.54, 1.807) is 0 Å². The van der Waals surface area contributed by atoms with Gasteiger partial charge in [-0.2, -0.15) is 0 Å². The first-order chi connectivity index (χ1) is 9.55. The van der Waals surface area contributed by atoms with Crippen molar-refractivity contribution in [3.05, 3.63) is 45.3 Å². The van der Waals surface area contributed by atoms with Gasteiger partial charge in [-0.1, -0.05) is 6.92 Å². The molecule has 4 nitrogen and oxygen atoms in total. The van der Waals surface area contributed by atoms with E-state index in [1.807, 2.05) is 32.9 Å². The van der Waals surface area contributed by atoms with E-state index < -0.39 is 0 Å². The first kappa shape index (κ1) is 14.8. The highest BCUT2D eigenvalue weighted by Crippen LogP contribution is 2.21. The molecule has 0 saturated carbocycles. The van der Waals surface area contributed by atoms with E-state index in [-0.39, 0.29) is 18.3 Å². The molecule has 0 amide bonds. The molecule has 0 bridgehead atoms. The molecule has 2 aromatic rings. The lowest BCUT2D eigenvalue weighted by molar-refractivity contribution is 0.238. The van der Waals surface area contributed by atoms with Gasteiger partial charge in [-0.15, -0.1) is 0 Å². The van der Waals surface area contributed by atoms with Crippen molar-refractivity contribution in [3.8, 4) is 0 Å². The predicted molar refractivity (Wildman–Crippen MR) is 80.0 cm³/mol. The van der Waals surface area contributed by atoms with Gasteiger partial charge in [0.2, 0.25) is 0 Å². The number of nitrogens with one attached hydrogen (secondary N) is 1. The largest absolute Gasteiger partial charge is 0.423 e. The average Bonchev–Trinajstić information content (AvgIpc) is 2.42. The fraction of sp³-hybridized carbons (Fsp3) is 0.438. The average molecular weight is 275 g/mol. The van der Waals surface area contributed by atoms with Crippen LogP contribution in [0.25, 0.3) is 11.0 Å². The molecular weight excluding hydrogens is 254 g/mol. The molecular formula is C16H21NO3. The molecule has 0 fully saturated rings. The Labute approximate surface area is 118 Å². The second-order valence-electron chi connectivity index (χ2n) is 5.19. The summed E-state index contributed by atoms with van der Waals surface area (Å²) in [6.07, 6.45) is 0.841. The molecule has 2 N–H and O–H groups in total. The van der Waals surface area contributed by atoms with E-state index in [0.29, 0.717) is 12.1 Å². The second-order valence-corrected chi connectivity index (χ2v) is 5.19. The van der Waals surface area contributed by atoms with Gasteiger partial charge >= 0.3 is 5.63 Å². The van der Waals surface area contributed by atoms with Gasteiger partial charge in [0, 0.05) is 24.0 Å². The van der Waals surface area contributed by atoms with Crippen molar-refractivity contribution in [1.29, 1.82) is 0 Å². The quantitative estimate of drug-likeness (QED) is 0.822. The van der Waals surface area contributed by atoms with Gasteiger partial charge in [0.15, 0.2) is 0 Å². The summed E-state index contributed by atoms with van der Waals surface area (Å²) < 4.78 is 5.26. The van der Waals surface area contributed by atoms with Gasteiger partial charge < -0.3 is 14.8 Å². The maximum Gasteiger partial charge on any atom is 0.336 e. The van der Waals surface area contributed by atoms with Crippen LogP contribution in [0.2, 0.25) is 0 Å². The third-order valence-corrected chi connectivity index (χ3v) is 3.74. The third-order valence-electron chi connectivity index (χ3n) is 3.74. The molecule has 1 atom stereocenters. The summed E-state index contributed by atoms with van der Waals surface area (Å²) in [4.78, 5) is 11.6. The first-order valence-corrected chi connectivity index (χ1v) is 6.93. The predicted octanol–water partition coefficient (Wildman–Crippen LogP) is 2.27. The summed E-state index contributed by atoms with van der Waals surface area (Å²) in [5.41, 5.74) is 3.46. The SMILES string of the molecule is CC[C@H](CO)NCc1cc(=O)oc2cc(C)c(C)cc12. The van der Waals surface area contributed by atoms with Crippen molar-refractivity contribution in [2.24, 2.45) is 0 Å². The van der Waals surface area contributed by atoms with Gasteiger partial charge in [0.25, 0.3) is 0 Å². The van der Waals surface area contributed by atoms with Crippen LogP contribution in [0.1, 0.15) is 30.0 Å². The zero-order valence-electron chi connectivity index (χ0n) is 12.2. The van der Waals surface area contributed by atoms with Gasteiger partial charge in [-0.25, -0.2) is 4.79 Å². The Morgan fingerprint density at radius 2 is 1.95 bits per heavy atom. The minimum Gasteiger partial charge on any atom is -0.423 e. The molecule has 1 heterocycles. The van der Waals surface area contributed by atoms with Crippen molar-refractivity contribution in [2.75, 3.05) is 6.61 Å². The highest BCUT2D eigenvalue weighted by molar-refractivity contribution is 5.81. The smallest absolute Gasteiger partial charge is 0.336 e. The Kier molecular flexibility index (Phi) is 4.57. The molecule has 4 heteroatoms. The lowest BCUT2D eigenvalue weighted by Gasteiger charge is -2.15. The van der Waals surface area contributed by atoms with Crippen LogP contribution >= 0.6 is 0 Å². The van der Waals surface area contributed by atoms with Crippen molar-refractivity contribution in [1.82, 2.24) is 5.32 Å². The lowest BCUT2D eigenvalue weighted by atomic mass is 10.0. The zero-order chi connectivity index (χ0) is 14.7. The maximum atomic E-state index is 11.6. The van der Waals surface area contributed by atoms with Gasteiger partial charge in [-0.3, -0.25) is 0 Å². The van der Waals surface area contributed by atoms with Gasteiger partial charge in [-0.05, 0) is 49.1 Å². The summed E-state index contributed by atoms with van der Waals surface area (Å²) in [6, 6.07) is 5.52. The van der Waals surface area contributed by atoms with E-state index in [1.165, 1.54) is 11.6 Å².